The lowest BCUT2D eigenvalue weighted by atomic mass is 9.88. The molecule has 0 saturated carbocycles. The molecule has 218 valence electrons. The van der Waals surface area contributed by atoms with Crippen LogP contribution >= 0.6 is 0 Å². The van der Waals surface area contributed by atoms with Crippen LogP contribution < -0.4 is 5.32 Å². The summed E-state index contributed by atoms with van der Waals surface area (Å²) in [6.07, 6.45) is 3.72. The Morgan fingerprint density at radius 3 is 2.40 bits per heavy atom. The van der Waals surface area contributed by atoms with Gasteiger partial charge in [-0.1, -0.05) is 5.16 Å². The quantitative estimate of drug-likeness (QED) is 0.320. The van der Waals surface area contributed by atoms with E-state index in [-0.39, 0.29) is 11.8 Å². The smallest absolute Gasteiger partial charge is 0.413 e. The zero-order chi connectivity index (χ0) is 29.4. The van der Waals surface area contributed by atoms with Crippen LogP contribution in [0.15, 0.2) is 22.5 Å². The van der Waals surface area contributed by atoms with Gasteiger partial charge in [0.1, 0.15) is 17.0 Å². The van der Waals surface area contributed by atoms with Gasteiger partial charge in [-0.15, -0.1) is 0 Å². The van der Waals surface area contributed by atoms with Gasteiger partial charge < -0.3 is 14.7 Å². The number of ether oxygens (including phenoxy) is 2. The number of nitrogens with one attached hydrogen (secondary N) is 1. The summed E-state index contributed by atoms with van der Waals surface area (Å²) < 4.78 is 12.8. The Morgan fingerprint density at radius 2 is 1.80 bits per heavy atom. The third-order valence-electron chi connectivity index (χ3n) is 6.72. The molecule has 0 spiro atoms. The lowest BCUT2D eigenvalue weighted by molar-refractivity contribution is 0.0142. The highest BCUT2D eigenvalue weighted by Gasteiger charge is 2.37. The molecular weight excluding hydrogens is 516 g/mol. The lowest BCUT2D eigenvalue weighted by Gasteiger charge is -2.39. The molecule has 4 rings (SSSR count). The molecular formula is C27H40N8O5. The predicted molar refractivity (Wildman–Crippen MR) is 150 cm³/mol. The average molecular weight is 557 g/mol. The number of nitrogens with zero attached hydrogens (tertiary/aromatic N) is 7. The fourth-order valence-electron chi connectivity index (χ4n) is 4.95. The van der Waals surface area contributed by atoms with Crippen LogP contribution in [-0.2, 0) is 9.47 Å². The fraction of sp³-hybridized carbons (Fsp3) is 0.630. The molecule has 13 heteroatoms. The van der Waals surface area contributed by atoms with Gasteiger partial charge in [0.2, 0.25) is 0 Å². The molecule has 1 unspecified atom stereocenters. The van der Waals surface area contributed by atoms with Gasteiger partial charge in [-0.2, -0.15) is 14.7 Å². The molecule has 2 amide bonds. The molecule has 0 radical (unpaired) electrons. The first-order valence-corrected chi connectivity index (χ1v) is 13.5. The summed E-state index contributed by atoms with van der Waals surface area (Å²) >= 11 is 0. The summed E-state index contributed by atoms with van der Waals surface area (Å²) in [4.78, 5) is 32.6. The fourth-order valence-corrected chi connectivity index (χ4v) is 4.95. The van der Waals surface area contributed by atoms with Crippen molar-refractivity contribution in [1.82, 2.24) is 24.5 Å². The SMILES string of the molecule is C/C(=N\O)[C@@H]1CC[C@H](c2cc(NC(=O)OC(C)(C)C)n3ncc(C4C=NN(C)C4)c3n2)CN1C(=O)OC(C)(C)C. The first kappa shape index (κ1) is 29.1. The highest BCUT2D eigenvalue weighted by atomic mass is 16.6. The van der Waals surface area contributed by atoms with E-state index in [1.54, 1.807) is 49.4 Å². The van der Waals surface area contributed by atoms with E-state index in [1.807, 2.05) is 39.0 Å². The number of hydrazone groups is 1. The maximum atomic E-state index is 13.2. The predicted octanol–water partition coefficient (Wildman–Crippen LogP) is 4.42. The Kier molecular flexibility index (Phi) is 7.95. The van der Waals surface area contributed by atoms with Crippen LogP contribution in [0.25, 0.3) is 5.65 Å². The number of fused-ring (bicyclic) bond motifs is 1. The molecule has 2 aromatic heterocycles. The maximum Gasteiger partial charge on any atom is 0.413 e. The third-order valence-corrected chi connectivity index (χ3v) is 6.72. The topological polar surface area (TPSA) is 146 Å². The van der Waals surface area contributed by atoms with E-state index in [0.29, 0.717) is 48.8 Å². The third kappa shape index (κ3) is 6.62. The zero-order valence-corrected chi connectivity index (χ0v) is 24.5. The molecule has 1 saturated heterocycles. The minimum absolute atomic E-state index is 0.0166. The second-order valence-electron chi connectivity index (χ2n) is 12.4. The Bertz CT molecular complexity index is 1320. The first-order valence-electron chi connectivity index (χ1n) is 13.5. The molecule has 2 aliphatic heterocycles. The van der Waals surface area contributed by atoms with Gasteiger partial charge in [0.25, 0.3) is 0 Å². The number of aromatic nitrogens is 3. The van der Waals surface area contributed by atoms with Gasteiger partial charge in [0, 0.05) is 49.8 Å². The molecule has 13 nitrogen and oxygen atoms in total. The molecule has 40 heavy (non-hydrogen) atoms. The Hall–Kier alpha value is -3.90. The number of carbonyl (C=O) groups is 2. The van der Waals surface area contributed by atoms with E-state index in [9.17, 15) is 14.8 Å². The van der Waals surface area contributed by atoms with Crippen LogP contribution in [0, 0.1) is 0 Å². The lowest BCUT2D eigenvalue weighted by Crippen LogP contribution is -2.51. The summed E-state index contributed by atoms with van der Waals surface area (Å²) in [5, 5.41) is 26.4. The number of hydrogen-bond donors (Lipinski definition) is 2. The molecule has 0 bridgehead atoms. The van der Waals surface area contributed by atoms with Gasteiger partial charge in [-0.05, 0) is 61.3 Å². The molecule has 2 aromatic rings. The van der Waals surface area contributed by atoms with E-state index in [1.165, 1.54) is 0 Å². The number of carbonyl (C=O) groups excluding carboxylic acids is 2. The maximum absolute atomic E-state index is 13.2. The van der Waals surface area contributed by atoms with Crippen molar-refractivity contribution in [3.63, 3.8) is 0 Å². The van der Waals surface area contributed by atoms with Crippen molar-refractivity contribution >= 4 is 35.6 Å². The van der Waals surface area contributed by atoms with E-state index >= 15 is 0 Å². The van der Waals surface area contributed by atoms with Gasteiger partial charge in [-0.25, -0.2) is 14.6 Å². The molecule has 0 aromatic carbocycles. The number of rotatable bonds is 4. The molecule has 0 aliphatic carbocycles. The van der Waals surface area contributed by atoms with Crippen LogP contribution in [0.3, 0.4) is 0 Å². The van der Waals surface area contributed by atoms with Crippen molar-refractivity contribution < 1.29 is 24.3 Å². The molecule has 2 N–H and O–H groups in total. The minimum Gasteiger partial charge on any atom is -0.444 e. The van der Waals surface area contributed by atoms with Crippen molar-refractivity contribution in [3.8, 4) is 0 Å². The van der Waals surface area contributed by atoms with Crippen molar-refractivity contribution in [2.75, 3.05) is 25.5 Å². The molecule has 3 atom stereocenters. The number of hydrogen-bond acceptors (Lipinski definition) is 10. The van der Waals surface area contributed by atoms with Crippen molar-refractivity contribution in [2.24, 2.45) is 10.3 Å². The number of amides is 2. The van der Waals surface area contributed by atoms with E-state index in [0.717, 1.165) is 5.56 Å². The minimum atomic E-state index is -0.691. The first-order chi connectivity index (χ1) is 18.6. The summed E-state index contributed by atoms with van der Waals surface area (Å²) in [6, 6.07) is 1.36. The largest absolute Gasteiger partial charge is 0.444 e. The van der Waals surface area contributed by atoms with Gasteiger partial charge >= 0.3 is 12.2 Å². The Morgan fingerprint density at radius 1 is 1.10 bits per heavy atom. The number of piperidine rings is 1. The average Bonchev–Trinajstić information content (AvgIpc) is 3.47. The van der Waals surface area contributed by atoms with Crippen LogP contribution in [-0.4, -0.2) is 91.2 Å². The number of likely N-dealkylation sites (N-methyl/N-ethyl adjacent to an activating group) is 1. The summed E-state index contributed by atoms with van der Waals surface area (Å²) in [6.45, 7) is 13.5. The number of likely N-dealkylation sites (tertiary alicyclic amines) is 1. The Labute approximate surface area is 234 Å². The Balaban J connectivity index is 1.73. The molecule has 2 aliphatic rings. The van der Waals surface area contributed by atoms with Gasteiger partial charge in [0.05, 0.1) is 23.6 Å². The van der Waals surface area contributed by atoms with Crippen LogP contribution in [0.4, 0.5) is 15.4 Å². The standard InChI is InChI=1S/C27H40N8O5/c1-16(32-38)21-10-9-17(15-34(21)25(37)40-27(5,6)7)20-11-22(31-24(36)39-26(2,3)4)35-23(30-20)19(13-29-35)18-12-28-33(8)14-18/h11-13,17-18,21,38H,9-10,14-15H2,1-8H3,(H,31,36)/b32-16+/t17-,18?,21-/m0/s1. The summed E-state index contributed by atoms with van der Waals surface area (Å²) in [7, 11) is 1.90. The van der Waals surface area contributed by atoms with Crippen LogP contribution in [0.1, 0.15) is 84.4 Å². The monoisotopic (exact) mass is 556 g/mol. The van der Waals surface area contributed by atoms with Crippen LogP contribution in [0.2, 0.25) is 0 Å². The van der Waals surface area contributed by atoms with E-state index in [4.69, 9.17) is 14.5 Å². The van der Waals surface area contributed by atoms with Gasteiger partial charge in [-0.3, -0.25) is 15.2 Å². The second kappa shape index (κ2) is 10.9. The van der Waals surface area contributed by atoms with Crippen molar-refractivity contribution in [3.05, 3.63) is 23.5 Å². The van der Waals surface area contributed by atoms with E-state index in [2.05, 4.69) is 20.7 Å². The van der Waals surface area contributed by atoms with Crippen molar-refractivity contribution in [1.29, 1.82) is 0 Å². The van der Waals surface area contributed by atoms with Gasteiger partial charge in [0.15, 0.2) is 5.65 Å². The molecule has 4 heterocycles. The highest BCUT2D eigenvalue weighted by molar-refractivity contribution is 5.90. The second-order valence-corrected chi connectivity index (χ2v) is 12.4. The van der Waals surface area contributed by atoms with Crippen LogP contribution in [0.5, 0.6) is 0 Å². The zero-order valence-electron chi connectivity index (χ0n) is 24.5. The molecule has 1 fully saturated rings. The normalized spacial score (nSPS) is 22.1. The van der Waals surface area contributed by atoms with E-state index < -0.39 is 29.4 Å². The summed E-state index contributed by atoms with van der Waals surface area (Å²) in [5.74, 6) is 0.210. The van der Waals surface area contributed by atoms with Crippen molar-refractivity contribution in [2.45, 2.75) is 90.4 Å². The summed E-state index contributed by atoms with van der Waals surface area (Å²) in [5.41, 5.74) is 1.22. The number of anilines is 1. The highest BCUT2D eigenvalue weighted by Crippen LogP contribution is 2.34. The number of oxime groups is 1.